The van der Waals surface area contributed by atoms with Crippen molar-refractivity contribution in [2.45, 2.75) is 13.5 Å². The van der Waals surface area contributed by atoms with E-state index in [0.29, 0.717) is 11.1 Å². The van der Waals surface area contributed by atoms with E-state index in [1.165, 1.54) is 11.3 Å². The van der Waals surface area contributed by atoms with Gasteiger partial charge in [0, 0.05) is 17.1 Å². The number of hydrogen-bond acceptors (Lipinski definition) is 4. The standard InChI is InChI=1S/C13H8F2N2O2S/c1-6-5-20-10(16-6)4-17-11-8(12(18)13(17)19)2-7(14)3-9(11)15/h2-3,5H,4H2,1H3. The molecule has 0 fully saturated rings. The second-order valence-electron chi connectivity index (χ2n) is 4.39. The van der Waals surface area contributed by atoms with Gasteiger partial charge in [0.05, 0.1) is 17.8 Å². The number of aromatic nitrogens is 1. The van der Waals surface area contributed by atoms with E-state index in [-0.39, 0.29) is 17.8 Å². The maximum Gasteiger partial charge on any atom is 0.299 e. The maximum atomic E-state index is 13.9. The fraction of sp³-hybridized carbons (Fsp3) is 0.154. The van der Waals surface area contributed by atoms with Crippen molar-refractivity contribution in [3.63, 3.8) is 0 Å². The number of halogens is 2. The Bertz CT molecular complexity index is 742. The molecule has 1 aliphatic rings. The van der Waals surface area contributed by atoms with Crippen molar-refractivity contribution in [2.75, 3.05) is 4.90 Å². The molecule has 0 atom stereocenters. The van der Waals surface area contributed by atoms with Crippen LogP contribution in [0.25, 0.3) is 0 Å². The van der Waals surface area contributed by atoms with Crippen molar-refractivity contribution in [3.05, 3.63) is 45.4 Å². The molecule has 2 heterocycles. The number of carbonyl (C=O) groups excluding carboxylic acids is 2. The molecular formula is C13H8F2N2O2S. The Labute approximate surface area is 116 Å². The molecule has 0 saturated carbocycles. The maximum absolute atomic E-state index is 13.9. The van der Waals surface area contributed by atoms with E-state index in [9.17, 15) is 18.4 Å². The molecule has 0 N–H and O–H groups in total. The highest BCUT2D eigenvalue weighted by Crippen LogP contribution is 2.34. The molecule has 1 aromatic carbocycles. The molecule has 0 radical (unpaired) electrons. The zero-order valence-electron chi connectivity index (χ0n) is 10.3. The Balaban J connectivity index is 2.06. The van der Waals surface area contributed by atoms with Crippen LogP contribution in [0, 0.1) is 18.6 Å². The highest BCUT2D eigenvalue weighted by Gasteiger charge is 2.39. The van der Waals surface area contributed by atoms with Gasteiger partial charge in [-0.15, -0.1) is 11.3 Å². The molecule has 0 saturated heterocycles. The minimum absolute atomic E-state index is 0.00136. The molecule has 7 heteroatoms. The fourth-order valence-electron chi connectivity index (χ4n) is 2.11. The third-order valence-electron chi connectivity index (χ3n) is 2.94. The van der Waals surface area contributed by atoms with Gasteiger partial charge < -0.3 is 0 Å². The Morgan fingerprint density at radius 1 is 1.30 bits per heavy atom. The molecule has 3 rings (SSSR count). The number of fused-ring (bicyclic) bond motifs is 1. The van der Waals surface area contributed by atoms with Crippen molar-refractivity contribution in [3.8, 4) is 0 Å². The molecule has 0 unspecified atom stereocenters. The average molecular weight is 294 g/mol. The number of thiazole rings is 1. The van der Waals surface area contributed by atoms with Crippen molar-refractivity contribution < 1.29 is 18.4 Å². The van der Waals surface area contributed by atoms with Crippen LogP contribution in [0.5, 0.6) is 0 Å². The molecular weight excluding hydrogens is 286 g/mol. The molecule has 2 aromatic rings. The second-order valence-corrected chi connectivity index (χ2v) is 5.33. The van der Waals surface area contributed by atoms with Gasteiger partial charge >= 0.3 is 0 Å². The van der Waals surface area contributed by atoms with E-state index in [1.807, 2.05) is 0 Å². The van der Waals surface area contributed by atoms with Crippen LogP contribution in [0.3, 0.4) is 0 Å². The first kappa shape index (κ1) is 12.9. The summed E-state index contributed by atoms with van der Waals surface area (Å²) in [4.78, 5) is 28.8. The lowest BCUT2D eigenvalue weighted by Gasteiger charge is -2.15. The van der Waals surface area contributed by atoms with Crippen molar-refractivity contribution in [1.29, 1.82) is 0 Å². The van der Waals surface area contributed by atoms with E-state index in [0.717, 1.165) is 16.7 Å². The van der Waals surface area contributed by atoms with Crippen LogP contribution in [0.1, 0.15) is 21.1 Å². The van der Waals surface area contributed by atoms with Crippen LogP contribution in [-0.2, 0) is 11.3 Å². The van der Waals surface area contributed by atoms with Crippen LogP contribution in [0.15, 0.2) is 17.5 Å². The number of rotatable bonds is 2. The monoisotopic (exact) mass is 294 g/mol. The minimum atomic E-state index is -0.924. The molecule has 20 heavy (non-hydrogen) atoms. The largest absolute Gasteiger partial charge is 0.299 e. The van der Waals surface area contributed by atoms with E-state index >= 15 is 0 Å². The number of hydrogen-bond donors (Lipinski definition) is 0. The fourth-order valence-corrected chi connectivity index (χ4v) is 2.87. The highest BCUT2D eigenvalue weighted by molar-refractivity contribution is 7.09. The van der Waals surface area contributed by atoms with Gasteiger partial charge in [0.15, 0.2) is 5.82 Å². The first-order valence-electron chi connectivity index (χ1n) is 5.73. The summed E-state index contributed by atoms with van der Waals surface area (Å²) in [5.74, 6) is -3.56. The third kappa shape index (κ3) is 1.90. The molecule has 1 amide bonds. The lowest BCUT2D eigenvalue weighted by molar-refractivity contribution is -0.114. The van der Waals surface area contributed by atoms with Gasteiger partial charge in [0.25, 0.3) is 11.7 Å². The number of amides is 1. The Morgan fingerprint density at radius 3 is 2.70 bits per heavy atom. The lowest BCUT2D eigenvalue weighted by Crippen LogP contribution is -2.29. The Kier molecular flexibility index (Phi) is 2.86. The molecule has 1 aliphatic heterocycles. The van der Waals surface area contributed by atoms with E-state index in [4.69, 9.17) is 0 Å². The summed E-state index contributed by atoms with van der Waals surface area (Å²) in [7, 11) is 0. The number of ketones is 1. The number of aryl methyl sites for hydroxylation is 1. The summed E-state index contributed by atoms with van der Waals surface area (Å²) in [5.41, 5.74) is 0.373. The van der Waals surface area contributed by atoms with Crippen molar-refractivity contribution in [2.24, 2.45) is 0 Å². The van der Waals surface area contributed by atoms with Gasteiger partial charge in [-0.3, -0.25) is 14.5 Å². The average Bonchev–Trinajstić information content (AvgIpc) is 2.88. The number of Topliss-reactive ketones (excluding diaryl/α,β-unsaturated/α-hetero) is 1. The number of nitrogens with zero attached hydrogens (tertiary/aromatic N) is 2. The highest BCUT2D eigenvalue weighted by atomic mass is 32.1. The van der Waals surface area contributed by atoms with E-state index < -0.39 is 23.3 Å². The smallest absolute Gasteiger partial charge is 0.295 e. The predicted molar refractivity (Wildman–Crippen MR) is 68.7 cm³/mol. The summed E-state index contributed by atoms with van der Waals surface area (Å²) in [5, 5.41) is 2.37. The zero-order chi connectivity index (χ0) is 14.4. The molecule has 0 aliphatic carbocycles. The summed E-state index contributed by atoms with van der Waals surface area (Å²) >= 11 is 1.31. The third-order valence-corrected chi connectivity index (χ3v) is 3.89. The first-order chi connectivity index (χ1) is 9.47. The quantitative estimate of drug-likeness (QED) is 0.799. The SMILES string of the molecule is Cc1csc(CN2C(=O)C(=O)c3cc(F)cc(F)c32)n1. The summed E-state index contributed by atoms with van der Waals surface area (Å²) in [6.07, 6.45) is 0. The number of carbonyl (C=O) groups is 2. The number of anilines is 1. The molecule has 0 bridgehead atoms. The molecule has 0 spiro atoms. The zero-order valence-corrected chi connectivity index (χ0v) is 11.1. The van der Waals surface area contributed by atoms with Crippen LogP contribution < -0.4 is 4.90 Å². The van der Waals surface area contributed by atoms with Gasteiger partial charge in [-0.25, -0.2) is 13.8 Å². The van der Waals surface area contributed by atoms with E-state index in [1.54, 1.807) is 12.3 Å². The van der Waals surface area contributed by atoms with E-state index in [2.05, 4.69) is 4.98 Å². The summed E-state index contributed by atoms with van der Waals surface area (Å²) in [6.45, 7) is 1.79. The Hall–Kier alpha value is -2.15. The second kappa shape index (κ2) is 4.45. The van der Waals surface area contributed by atoms with Gasteiger partial charge in [-0.1, -0.05) is 0 Å². The molecule has 4 nitrogen and oxygen atoms in total. The van der Waals surface area contributed by atoms with Crippen LogP contribution in [0.2, 0.25) is 0 Å². The molecule has 1 aromatic heterocycles. The van der Waals surface area contributed by atoms with Crippen LogP contribution >= 0.6 is 11.3 Å². The summed E-state index contributed by atoms with van der Waals surface area (Å²) in [6, 6.07) is 1.54. The van der Waals surface area contributed by atoms with Crippen LogP contribution in [-0.4, -0.2) is 16.7 Å². The summed E-state index contributed by atoms with van der Waals surface area (Å²) < 4.78 is 27.0. The molecule has 102 valence electrons. The van der Waals surface area contributed by atoms with Crippen molar-refractivity contribution >= 4 is 28.7 Å². The Morgan fingerprint density at radius 2 is 2.05 bits per heavy atom. The van der Waals surface area contributed by atoms with Crippen molar-refractivity contribution in [1.82, 2.24) is 4.98 Å². The van der Waals surface area contributed by atoms with Gasteiger partial charge in [0.2, 0.25) is 0 Å². The number of benzene rings is 1. The topological polar surface area (TPSA) is 50.3 Å². The normalized spacial score (nSPS) is 14.1. The first-order valence-corrected chi connectivity index (χ1v) is 6.61. The van der Waals surface area contributed by atoms with Gasteiger partial charge in [0.1, 0.15) is 10.8 Å². The van der Waals surface area contributed by atoms with Gasteiger partial charge in [-0.05, 0) is 13.0 Å². The van der Waals surface area contributed by atoms with Gasteiger partial charge in [-0.2, -0.15) is 0 Å². The van der Waals surface area contributed by atoms with Crippen LogP contribution in [0.4, 0.5) is 14.5 Å². The minimum Gasteiger partial charge on any atom is -0.295 e. The lowest BCUT2D eigenvalue weighted by atomic mass is 10.1. The predicted octanol–water partition coefficient (Wildman–Crippen LogP) is 2.46.